The van der Waals surface area contributed by atoms with Crippen LogP contribution in [0.25, 0.3) is 11.3 Å². The number of carbonyl (C=O) groups excluding carboxylic acids is 1. The van der Waals surface area contributed by atoms with Gasteiger partial charge in [-0.15, -0.1) is 0 Å². The zero-order chi connectivity index (χ0) is 21.6. The van der Waals surface area contributed by atoms with Crippen molar-refractivity contribution in [1.29, 1.82) is 0 Å². The molecule has 162 valence electrons. The normalized spacial score (nSPS) is 13.9. The van der Waals surface area contributed by atoms with Crippen molar-refractivity contribution >= 4 is 11.8 Å². The number of aryl methyl sites for hydroxylation is 1. The highest BCUT2D eigenvalue weighted by atomic mass is 16.5. The first-order valence-electron chi connectivity index (χ1n) is 10.9. The lowest BCUT2D eigenvalue weighted by atomic mass is 10.1. The minimum atomic E-state index is 0.0231. The molecule has 2 aromatic carbocycles. The number of ether oxygens (including phenoxy) is 1. The van der Waals surface area contributed by atoms with Crippen LogP contribution >= 0.6 is 0 Å². The fourth-order valence-electron chi connectivity index (χ4n) is 3.87. The van der Waals surface area contributed by atoms with E-state index < -0.39 is 0 Å². The van der Waals surface area contributed by atoms with E-state index >= 15 is 0 Å². The fraction of sp³-hybridized carbons (Fsp3) is 0.360. The monoisotopic (exact) mass is 419 g/mol. The first-order chi connectivity index (χ1) is 15.2. The van der Waals surface area contributed by atoms with E-state index in [1.54, 1.807) is 0 Å². The number of rotatable bonds is 7. The van der Waals surface area contributed by atoms with Crippen molar-refractivity contribution < 1.29 is 14.1 Å². The molecule has 2 heterocycles. The maximum atomic E-state index is 13.3. The summed E-state index contributed by atoms with van der Waals surface area (Å²) in [4.78, 5) is 17.4. The summed E-state index contributed by atoms with van der Waals surface area (Å²) in [7, 11) is 0. The Morgan fingerprint density at radius 3 is 2.45 bits per heavy atom. The van der Waals surface area contributed by atoms with Gasteiger partial charge in [0.15, 0.2) is 0 Å². The van der Waals surface area contributed by atoms with Crippen LogP contribution < -0.4 is 4.90 Å². The number of aromatic nitrogens is 1. The number of anilines is 1. The van der Waals surface area contributed by atoms with Crippen molar-refractivity contribution in [2.45, 2.75) is 26.8 Å². The Hall–Kier alpha value is -3.12. The second-order valence-corrected chi connectivity index (χ2v) is 7.87. The van der Waals surface area contributed by atoms with Crippen LogP contribution in [0.2, 0.25) is 0 Å². The lowest BCUT2D eigenvalue weighted by Gasteiger charge is -2.28. The maximum absolute atomic E-state index is 13.3. The maximum Gasteiger partial charge on any atom is 0.254 e. The quantitative estimate of drug-likeness (QED) is 0.563. The van der Waals surface area contributed by atoms with Crippen molar-refractivity contribution in [2.75, 3.05) is 37.7 Å². The molecular weight excluding hydrogens is 390 g/mol. The minimum absolute atomic E-state index is 0.0231. The molecule has 0 spiro atoms. The summed E-state index contributed by atoms with van der Waals surface area (Å²) in [6.45, 7) is 8.02. The summed E-state index contributed by atoms with van der Waals surface area (Å²) in [6, 6.07) is 17.8. The SMILES string of the molecule is CCCN(Cc1c(-c2ccccc2)noc1N1CCOCC1)C(=O)c1ccc(C)cc1. The molecule has 1 amide bonds. The van der Waals surface area contributed by atoms with Crippen molar-refractivity contribution in [2.24, 2.45) is 0 Å². The van der Waals surface area contributed by atoms with Crippen LogP contribution in [0.5, 0.6) is 0 Å². The molecule has 1 aliphatic heterocycles. The molecule has 1 aromatic heterocycles. The third-order valence-corrected chi connectivity index (χ3v) is 5.54. The Morgan fingerprint density at radius 2 is 1.77 bits per heavy atom. The number of carbonyl (C=O) groups is 1. The van der Waals surface area contributed by atoms with Crippen LogP contribution in [0.1, 0.15) is 34.8 Å². The molecule has 1 fully saturated rings. The van der Waals surface area contributed by atoms with Crippen molar-refractivity contribution in [3.63, 3.8) is 0 Å². The van der Waals surface area contributed by atoms with Crippen LogP contribution in [-0.2, 0) is 11.3 Å². The van der Waals surface area contributed by atoms with E-state index in [-0.39, 0.29) is 5.91 Å². The molecule has 1 saturated heterocycles. The van der Waals surface area contributed by atoms with E-state index in [0.717, 1.165) is 47.8 Å². The minimum Gasteiger partial charge on any atom is -0.378 e. The molecular formula is C25H29N3O3. The van der Waals surface area contributed by atoms with Gasteiger partial charge in [0.2, 0.25) is 5.88 Å². The first-order valence-corrected chi connectivity index (χ1v) is 10.9. The average molecular weight is 420 g/mol. The summed E-state index contributed by atoms with van der Waals surface area (Å²) >= 11 is 0. The Labute approximate surface area is 183 Å². The average Bonchev–Trinajstić information content (AvgIpc) is 3.23. The third-order valence-electron chi connectivity index (χ3n) is 5.54. The van der Waals surface area contributed by atoms with Gasteiger partial charge in [-0.25, -0.2) is 0 Å². The predicted molar refractivity (Wildman–Crippen MR) is 121 cm³/mol. The Bertz CT molecular complexity index is 993. The van der Waals surface area contributed by atoms with Crippen molar-refractivity contribution in [3.8, 4) is 11.3 Å². The smallest absolute Gasteiger partial charge is 0.254 e. The van der Waals surface area contributed by atoms with Crippen LogP contribution in [0.4, 0.5) is 5.88 Å². The molecule has 0 aliphatic carbocycles. The summed E-state index contributed by atoms with van der Waals surface area (Å²) in [5.74, 6) is 0.759. The highest BCUT2D eigenvalue weighted by molar-refractivity contribution is 5.94. The zero-order valence-corrected chi connectivity index (χ0v) is 18.2. The molecule has 31 heavy (non-hydrogen) atoms. The second-order valence-electron chi connectivity index (χ2n) is 7.87. The number of amides is 1. The summed E-state index contributed by atoms with van der Waals surface area (Å²) in [5.41, 5.74) is 4.56. The fourth-order valence-corrected chi connectivity index (χ4v) is 3.87. The number of hydrogen-bond acceptors (Lipinski definition) is 5. The van der Waals surface area contributed by atoms with Crippen LogP contribution in [0.15, 0.2) is 59.1 Å². The highest BCUT2D eigenvalue weighted by Crippen LogP contribution is 2.33. The Balaban J connectivity index is 1.70. The largest absolute Gasteiger partial charge is 0.378 e. The first kappa shape index (κ1) is 21.1. The van der Waals surface area contributed by atoms with E-state index in [1.165, 1.54) is 0 Å². The van der Waals surface area contributed by atoms with Gasteiger partial charge in [0.25, 0.3) is 5.91 Å². The van der Waals surface area contributed by atoms with E-state index in [0.29, 0.717) is 31.9 Å². The molecule has 0 unspecified atom stereocenters. The van der Waals surface area contributed by atoms with Gasteiger partial charge in [0.1, 0.15) is 5.69 Å². The summed E-state index contributed by atoms with van der Waals surface area (Å²) in [5, 5.41) is 4.42. The molecule has 0 N–H and O–H groups in total. The number of morpholine rings is 1. The molecule has 6 heteroatoms. The topological polar surface area (TPSA) is 58.8 Å². The Morgan fingerprint density at radius 1 is 1.06 bits per heavy atom. The second kappa shape index (κ2) is 9.79. The summed E-state index contributed by atoms with van der Waals surface area (Å²) < 4.78 is 11.4. The molecule has 0 saturated carbocycles. The highest BCUT2D eigenvalue weighted by Gasteiger charge is 2.27. The summed E-state index contributed by atoms with van der Waals surface area (Å²) in [6.07, 6.45) is 0.871. The van der Waals surface area contributed by atoms with Gasteiger partial charge in [-0.2, -0.15) is 0 Å². The van der Waals surface area contributed by atoms with Gasteiger partial charge >= 0.3 is 0 Å². The lowest BCUT2D eigenvalue weighted by molar-refractivity contribution is 0.0743. The Kier molecular flexibility index (Phi) is 6.67. The zero-order valence-electron chi connectivity index (χ0n) is 18.2. The molecule has 4 rings (SSSR count). The van der Waals surface area contributed by atoms with Gasteiger partial charge in [0.05, 0.1) is 25.3 Å². The van der Waals surface area contributed by atoms with E-state index in [2.05, 4.69) is 17.0 Å². The number of hydrogen-bond donors (Lipinski definition) is 0. The van der Waals surface area contributed by atoms with Crippen LogP contribution in [-0.4, -0.2) is 48.8 Å². The van der Waals surface area contributed by atoms with Gasteiger partial charge in [-0.1, -0.05) is 60.1 Å². The molecule has 6 nitrogen and oxygen atoms in total. The molecule has 0 atom stereocenters. The standard InChI is InChI=1S/C25H29N3O3/c1-3-13-28(24(29)21-11-9-19(2)10-12-21)18-22-23(20-7-5-4-6-8-20)26-31-25(22)27-14-16-30-17-15-27/h4-12H,3,13-18H2,1-2H3. The van der Waals surface area contributed by atoms with E-state index in [1.807, 2.05) is 66.4 Å². The molecule has 0 radical (unpaired) electrons. The van der Waals surface area contributed by atoms with Crippen molar-refractivity contribution in [1.82, 2.24) is 10.1 Å². The van der Waals surface area contributed by atoms with Crippen molar-refractivity contribution in [3.05, 3.63) is 71.3 Å². The predicted octanol–water partition coefficient (Wildman–Crippen LogP) is 4.54. The van der Waals surface area contributed by atoms with Crippen LogP contribution in [0, 0.1) is 6.92 Å². The van der Waals surface area contributed by atoms with E-state index in [9.17, 15) is 4.79 Å². The van der Waals surface area contributed by atoms with Gasteiger partial charge in [-0.3, -0.25) is 4.79 Å². The molecule has 0 bridgehead atoms. The lowest BCUT2D eigenvalue weighted by Crippen LogP contribution is -2.37. The number of nitrogens with zero attached hydrogens (tertiary/aromatic N) is 3. The molecule has 3 aromatic rings. The van der Waals surface area contributed by atoms with Gasteiger partial charge in [0, 0.05) is 30.8 Å². The van der Waals surface area contributed by atoms with Gasteiger partial charge in [-0.05, 0) is 25.5 Å². The van der Waals surface area contributed by atoms with Crippen LogP contribution in [0.3, 0.4) is 0 Å². The molecule has 1 aliphatic rings. The number of benzene rings is 2. The van der Waals surface area contributed by atoms with Gasteiger partial charge < -0.3 is 19.1 Å². The third kappa shape index (κ3) is 4.80. The van der Waals surface area contributed by atoms with E-state index in [4.69, 9.17) is 9.26 Å².